The summed E-state index contributed by atoms with van der Waals surface area (Å²) >= 11 is 1.67. The summed E-state index contributed by atoms with van der Waals surface area (Å²) < 4.78 is 10.5. The van der Waals surface area contributed by atoms with Gasteiger partial charge in [0.25, 0.3) is 0 Å². The second-order valence-electron chi connectivity index (χ2n) is 4.13. The zero-order valence-corrected chi connectivity index (χ0v) is 11.1. The Labute approximate surface area is 106 Å². The SMILES string of the molecule is COCc1nc(N2CCOCC2)sc1C(C)N. The second kappa shape index (κ2) is 5.77. The molecular weight excluding hydrogens is 238 g/mol. The van der Waals surface area contributed by atoms with E-state index in [9.17, 15) is 0 Å². The molecule has 2 rings (SSSR count). The molecule has 0 aromatic carbocycles. The number of nitrogens with zero attached hydrogens (tertiary/aromatic N) is 2. The number of hydrogen-bond donors (Lipinski definition) is 1. The normalized spacial score (nSPS) is 18.4. The first-order chi connectivity index (χ1) is 8.22. The summed E-state index contributed by atoms with van der Waals surface area (Å²) in [5.41, 5.74) is 6.93. The second-order valence-corrected chi connectivity index (χ2v) is 5.14. The lowest BCUT2D eigenvalue weighted by molar-refractivity contribution is 0.122. The lowest BCUT2D eigenvalue weighted by Gasteiger charge is -2.26. The third-order valence-corrected chi connectivity index (χ3v) is 4.05. The standard InChI is InChI=1S/C11H19N3O2S/c1-8(12)10-9(7-15-2)13-11(17-10)14-3-5-16-6-4-14/h8H,3-7,12H2,1-2H3. The highest BCUT2D eigenvalue weighted by Gasteiger charge is 2.19. The third-order valence-electron chi connectivity index (χ3n) is 2.69. The van der Waals surface area contributed by atoms with E-state index in [1.165, 1.54) is 0 Å². The molecule has 2 heterocycles. The van der Waals surface area contributed by atoms with Crippen LogP contribution in [0.15, 0.2) is 0 Å². The van der Waals surface area contributed by atoms with Crippen molar-refractivity contribution in [2.24, 2.45) is 5.73 Å². The maximum atomic E-state index is 5.96. The number of morpholine rings is 1. The van der Waals surface area contributed by atoms with Crippen molar-refractivity contribution in [2.45, 2.75) is 19.6 Å². The molecule has 17 heavy (non-hydrogen) atoms. The van der Waals surface area contributed by atoms with Gasteiger partial charge in [0.2, 0.25) is 0 Å². The number of aromatic nitrogens is 1. The molecule has 1 fully saturated rings. The van der Waals surface area contributed by atoms with Gasteiger partial charge < -0.3 is 20.1 Å². The Morgan fingerprint density at radius 1 is 1.53 bits per heavy atom. The molecule has 0 spiro atoms. The minimum Gasteiger partial charge on any atom is -0.378 e. The first-order valence-electron chi connectivity index (χ1n) is 5.79. The molecule has 1 aliphatic rings. The van der Waals surface area contributed by atoms with Crippen molar-refractivity contribution in [3.63, 3.8) is 0 Å². The molecular formula is C11H19N3O2S. The number of nitrogens with two attached hydrogens (primary N) is 1. The average Bonchev–Trinajstić information content (AvgIpc) is 2.75. The molecule has 0 amide bonds. The predicted molar refractivity (Wildman–Crippen MR) is 68.5 cm³/mol. The van der Waals surface area contributed by atoms with Crippen molar-refractivity contribution >= 4 is 16.5 Å². The van der Waals surface area contributed by atoms with E-state index in [4.69, 9.17) is 15.2 Å². The number of thiazole rings is 1. The summed E-state index contributed by atoms with van der Waals surface area (Å²) in [7, 11) is 1.68. The largest absolute Gasteiger partial charge is 0.378 e. The van der Waals surface area contributed by atoms with E-state index in [1.54, 1.807) is 18.4 Å². The lowest BCUT2D eigenvalue weighted by atomic mass is 10.2. The monoisotopic (exact) mass is 257 g/mol. The lowest BCUT2D eigenvalue weighted by Crippen LogP contribution is -2.36. The van der Waals surface area contributed by atoms with Gasteiger partial charge >= 0.3 is 0 Å². The summed E-state index contributed by atoms with van der Waals surface area (Å²) in [5.74, 6) is 0. The smallest absolute Gasteiger partial charge is 0.186 e. The fourth-order valence-electron chi connectivity index (χ4n) is 1.84. The average molecular weight is 257 g/mol. The number of anilines is 1. The molecule has 0 radical (unpaired) electrons. The van der Waals surface area contributed by atoms with Crippen molar-refractivity contribution < 1.29 is 9.47 Å². The molecule has 1 atom stereocenters. The van der Waals surface area contributed by atoms with Gasteiger partial charge in [-0.15, -0.1) is 0 Å². The number of ether oxygens (including phenoxy) is 2. The first-order valence-corrected chi connectivity index (χ1v) is 6.61. The fourth-order valence-corrected chi connectivity index (χ4v) is 2.91. The maximum absolute atomic E-state index is 5.96. The molecule has 0 aliphatic carbocycles. The van der Waals surface area contributed by atoms with Crippen LogP contribution >= 0.6 is 11.3 Å². The van der Waals surface area contributed by atoms with Crippen molar-refractivity contribution in [1.29, 1.82) is 0 Å². The Kier molecular flexibility index (Phi) is 4.33. The fraction of sp³-hybridized carbons (Fsp3) is 0.727. The Morgan fingerprint density at radius 3 is 2.82 bits per heavy atom. The molecule has 2 N–H and O–H groups in total. The highest BCUT2D eigenvalue weighted by Crippen LogP contribution is 2.30. The van der Waals surface area contributed by atoms with Crippen LogP contribution in [0.3, 0.4) is 0 Å². The molecule has 5 nitrogen and oxygen atoms in total. The van der Waals surface area contributed by atoms with E-state index in [0.717, 1.165) is 42.0 Å². The molecule has 1 aliphatic heterocycles. The van der Waals surface area contributed by atoms with Crippen molar-refractivity contribution in [1.82, 2.24) is 4.98 Å². The molecule has 0 saturated carbocycles. The summed E-state index contributed by atoms with van der Waals surface area (Å²) in [6, 6.07) is 0.00689. The van der Waals surface area contributed by atoms with Crippen LogP contribution in [-0.4, -0.2) is 38.4 Å². The van der Waals surface area contributed by atoms with E-state index in [0.29, 0.717) is 6.61 Å². The number of rotatable bonds is 4. The van der Waals surface area contributed by atoms with E-state index in [2.05, 4.69) is 9.88 Å². The summed E-state index contributed by atoms with van der Waals surface area (Å²) in [5, 5.41) is 1.03. The Hall–Kier alpha value is -0.690. The van der Waals surface area contributed by atoms with Gasteiger partial charge in [0.05, 0.1) is 25.5 Å². The minimum atomic E-state index is 0.00689. The molecule has 1 unspecified atom stereocenters. The van der Waals surface area contributed by atoms with E-state index >= 15 is 0 Å². The van der Waals surface area contributed by atoms with Gasteiger partial charge in [-0.25, -0.2) is 4.98 Å². The van der Waals surface area contributed by atoms with Gasteiger partial charge in [-0.2, -0.15) is 0 Å². The van der Waals surface area contributed by atoms with Gasteiger partial charge in [0.15, 0.2) is 5.13 Å². The Morgan fingerprint density at radius 2 is 2.24 bits per heavy atom. The summed E-state index contributed by atoms with van der Waals surface area (Å²) in [6.07, 6.45) is 0. The minimum absolute atomic E-state index is 0.00689. The topological polar surface area (TPSA) is 60.6 Å². The van der Waals surface area contributed by atoms with E-state index < -0.39 is 0 Å². The van der Waals surface area contributed by atoms with E-state index in [1.807, 2.05) is 6.92 Å². The van der Waals surface area contributed by atoms with Crippen LogP contribution in [0.25, 0.3) is 0 Å². The van der Waals surface area contributed by atoms with E-state index in [-0.39, 0.29) is 6.04 Å². The third kappa shape index (κ3) is 2.95. The maximum Gasteiger partial charge on any atom is 0.186 e. The summed E-state index contributed by atoms with van der Waals surface area (Å²) in [4.78, 5) is 8.00. The number of hydrogen-bond acceptors (Lipinski definition) is 6. The van der Waals surface area contributed by atoms with Crippen molar-refractivity contribution in [3.8, 4) is 0 Å². The first kappa shape index (κ1) is 12.8. The van der Waals surface area contributed by atoms with Crippen LogP contribution < -0.4 is 10.6 Å². The highest BCUT2D eigenvalue weighted by atomic mass is 32.1. The van der Waals surface area contributed by atoms with Crippen LogP contribution in [-0.2, 0) is 16.1 Å². The van der Waals surface area contributed by atoms with Crippen LogP contribution in [0.5, 0.6) is 0 Å². The van der Waals surface area contributed by atoms with Gasteiger partial charge in [-0.3, -0.25) is 0 Å². The molecule has 1 aromatic heterocycles. The van der Waals surface area contributed by atoms with Crippen LogP contribution in [0, 0.1) is 0 Å². The Balaban J connectivity index is 2.19. The quantitative estimate of drug-likeness (QED) is 0.876. The predicted octanol–water partition coefficient (Wildman–Crippen LogP) is 1.15. The van der Waals surface area contributed by atoms with Gasteiger partial charge in [0.1, 0.15) is 0 Å². The van der Waals surface area contributed by atoms with Gasteiger partial charge in [0, 0.05) is 31.1 Å². The summed E-state index contributed by atoms with van der Waals surface area (Å²) in [6.45, 7) is 5.85. The molecule has 0 bridgehead atoms. The van der Waals surface area contributed by atoms with Crippen LogP contribution in [0.1, 0.15) is 23.5 Å². The molecule has 6 heteroatoms. The van der Waals surface area contributed by atoms with Crippen LogP contribution in [0.4, 0.5) is 5.13 Å². The van der Waals surface area contributed by atoms with Gasteiger partial charge in [-0.1, -0.05) is 11.3 Å². The molecule has 1 aromatic rings. The number of methoxy groups -OCH3 is 1. The van der Waals surface area contributed by atoms with Gasteiger partial charge in [-0.05, 0) is 6.92 Å². The van der Waals surface area contributed by atoms with Crippen LogP contribution in [0.2, 0.25) is 0 Å². The van der Waals surface area contributed by atoms with Crippen molar-refractivity contribution in [2.75, 3.05) is 38.3 Å². The zero-order valence-electron chi connectivity index (χ0n) is 10.3. The van der Waals surface area contributed by atoms with Crippen molar-refractivity contribution in [3.05, 3.63) is 10.6 Å². The highest BCUT2D eigenvalue weighted by molar-refractivity contribution is 7.15. The zero-order chi connectivity index (χ0) is 12.3. The Bertz CT molecular complexity index is 362. The molecule has 1 saturated heterocycles. The molecule has 96 valence electrons.